The minimum atomic E-state index is -0.363. The molecule has 1 aliphatic rings. The van der Waals surface area contributed by atoms with E-state index in [9.17, 15) is 4.79 Å². The van der Waals surface area contributed by atoms with Crippen LogP contribution < -0.4 is 10.6 Å². The molecular formula is C13H18N2O3. The van der Waals surface area contributed by atoms with Gasteiger partial charge < -0.3 is 20.1 Å². The molecule has 0 bridgehead atoms. The van der Waals surface area contributed by atoms with E-state index >= 15 is 0 Å². The number of ether oxygens (including phenoxy) is 2. The number of methoxy groups -OCH3 is 2. The maximum Gasteiger partial charge on any atom is 0.340 e. The zero-order chi connectivity index (χ0) is 13.1. The summed E-state index contributed by atoms with van der Waals surface area (Å²) in [6, 6.07) is 5.31. The third-order valence-electron chi connectivity index (χ3n) is 3.24. The molecule has 0 radical (unpaired) electrons. The van der Waals surface area contributed by atoms with Gasteiger partial charge in [0.05, 0.1) is 24.5 Å². The Bertz CT molecular complexity index is 448. The lowest BCUT2D eigenvalue weighted by Gasteiger charge is -2.21. The van der Waals surface area contributed by atoms with Crippen LogP contribution in [-0.2, 0) is 9.47 Å². The molecule has 0 saturated carbocycles. The van der Waals surface area contributed by atoms with E-state index in [1.165, 1.54) is 7.11 Å². The quantitative estimate of drug-likeness (QED) is 0.646. The van der Waals surface area contributed by atoms with Crippen molar-refractivity contribution in [2.24, 2.45) is 0 Å². The SMILES string of the molecule is COC(=O)c1cc(N)ccc1N1CCC(OC)C1. The van der Waals surface area contributed by atoms with Crippen molar-refractivity contribution in [3.05, 3.63) is 23.8 Å². The number of carbonyl (C=O) groups excluding carboxylic acids is 1. The summed E-state index contributed by atoms with van der Waals surface area (Å²) >= 11 is 0. The Morgan fingerprint density at radius 3 is 2.83 bits per heavy atom. The first-order valence-electron chi connectivity index (χ1n) is 5.91. The zero-order valence-electron chi connectivity index (χ0n) is 10.7. The van der Waals surface area contributed by atoms with E-state index in [1.807, 2.05) is 6.07 Å². The van der Waals surface area contributed by atoms with E-state index in [2.05, 4.69) is 4.90 Å². The summed E-state index contributed by atoms with van der Waals surface area (Å²) < 4.78 is 10.1. The number of hydrogen-bond acceptors (Lipinski definition) is 5. The Morgan fingerprint density at radius 1 is 1.44 bits per heavy atom. The Morgan fingerprint density at radius 2 is 2.22 bits per heavy atom. The lowest BCUT2D eigenvalue weighted by Crippen LogP contribution is -2.24. The Hall–Kier alpha value is -1.75. The van der Waals surface area contributed by atoms with E-state index in [-0.39, 0.29) is 12.1 Å². The first kappa shape index (κ1) is 12.7. The molecule has 1 atom stereocenters. The number of nitrogens with zero attached hydrogens (tertiary/aromatic N) is 1. The molecule has 0 aromatic heterocycles. The highest BCUT2D eigenvalue weighted by Crippen LogP contribution is 2.27. The van der Waals surface area contributed by atoms with Crippen LogP contribution in [0, 0.1) is 0 Å². The van der Waals surface area contributed by atoms with Gasteiger partial charge in [-0.1, -0.05) is 0 Å². The molecule has 1 aliphatic heterocycles. The van der Waals surface area contributed by atoms with Gasteiger partial charge in [0, 0.05) is 25.9 Å². The number of benzene rings is 1. The van der Waals surface area contributed by atoms with Gasteiger partial charge in [0.15, 0.2) is 0 Å². The maximum absolute atomic E-state index is 11.8. The van der Waals surface area contributed by atoms with Crippen LogP contribution in [-0.4, -0.2) is 39.4 Å². The fraction of sp³-hybridized carbons (Fsp3) is 0.462. The molecule has 2 N–H and O–H groups in total. The van der Waals surface area contributed by atoms with Gasteiger partial charge in [0.1, 0.15) is 0 Å². The van der Waals surface area contributed by atoms with Crippen molar-refractivity contribution in [2.45, 2.75) is 12.5 Å². The molecule has 1 aromatic rings. The lowest BCUT2D eigenvalue weighted by molar-refractivity contribution is 0.0601. The summed E-state index contributed by atoms with van der Waals surface area (Å²) in [5.74, 6) is -0.363. The fourth-order valence-electron chi connectivity index (χ4n) is 2.24. The van der Waals surface area contributed by atoms with Crippen molar-refractivity contribution in [3.63, 3.8) is 0 Å². The smallest absolute Gasteiger partial charge is 0.340 e. The molecule has 1 fully saturated rings. The number of hydrogen-bond donors (Lipinski definition) is 1. The minimum absolute atomic E-state index is 0.216. The van der Waals surface area contributed by atoms with E-state index in [1.54, 1.807) is 19.2 Å². The van der Waals surface area contributed by atoms with Crippen molar-refractivity contribution in [1.29, 1.82) is 0 Å². The predicted molar refractivity (Wildman–Crippen MR) is 69.8 cm³/mol. The number of carbonyl (C=O) groups is 1. The molecule has 1 unspecified atom stereocenters. The van der Waals surface area contributed by atoms with E-state index < -0.39 is 0 Å². The lowest BCUT2D eigenvalue weighted by atomic mass is 10.1. The van der Waals surface area contributed by atoms with E-state index in [4.69, 9.17) is 15.2 Å². The van der Waals surface area contributed by atoms with Gasteiger partial charge in [-0.15, -0.1) is 0 Å². The van der Waals surface area contributed by atoms with Gasteiger partial charge in [-0.3, -0.25) is 0 Å². The second kappa shape index (κ2) is 5.27. The van der Waals surface area contributed by atoms with Crippen LogP contribution in [0.2, 0.25) is 0 Å². The molecule has 5 heteroatoms. The van der Waals surface area contributed by atoms with Gasteiger partial charge in [-0.05, 0) is 24.6 Å². The second-order valence-electron chi connectivity index (χ2n) is 4.36. The molecule has 0 amide bonds. The first-order valence-corrected chi connectivity index (χ1v) is 5.91. The number of anilines is 2. The zero-order valence-corrected chi connectivity index (χ0v) is 10.7. The topological polar surface area (TPSA) is 64.8 Å². The minimum Gasteiger partial charge on any atom is -0.465 e. The summed E-state index contributed by atoms with van der Waals surface area (Å²) in [5, 5.41) is 0. The van der Waals surface area contributed by atoms with Crippen LogP contribution in [0.4, 0.5) is 11.4 Å². The summed E-state index contributed by atoms with van der Waals surface area (Å²) in [4.78, 5) is 13.9. The highest BCUT2D eigenvalue weighted by Gasteiger charge is 2.25. The molecule has 98 valence electrons. The fourth-order valence-corrected chi connectivity index (χ4v) is 2.24. The van der Waals surface area contributed by atoms with Crippen LogP contribution in [0.1, 0.15) is 16.8 Å². The number of esters is 1. The largest absolute Gasteiger partial charge is 0.465 e. The van der Waals surface area contributed by atoms with Crippen LogP contribution >= 0.6 is 0 Å². The molecule has 0 spiro atoms. The van der Waals surface area contributed by atoms with Gasteiger partial charge in [-0.25, -0.2) is 4.79 Å². The molecule has 1 saturated heterocycles. The molecule has 0 aliphatic carbocycles. The summed E-state index contributed by atoms with van der Waals surface area (Å²) in [5.41, 5.74) is 7.64. The maximum atomic E-state index is 11.8. The van der Waals surface area contributed by atoms with Crippen LogP contribution in [0.25, 0.3) is 0 Å². The van der Waals surface area contributed by atoms with Crippen LogP contribution in [0.5, 0.6) is 0 Å². The van der Waals surface area contributed by atoms with Crippen molar-refractivity contribution in [3.8, 4) is 0 Å². The highest BCUT2D eigenvalue weighted by atomic mass is 16.5. The van der Waals surface area contributed by atoms with Crippen molar-refractivity contribution in [2.75, 3.05) is 37.9 Å². The van der Waals surface area contributed by atoms with Crippen LogP contribution in [0.15, 0.2) is 18.2 Å². The van der Waals surface area contributed by atoms with Gasteiger partial charge in [0.25, 0.3) is 0 Å². The van der Waals surface area contributed by atoms with Crippen molar-refractivity contribution >= 4 is 17.3 Å². The third kappa shape index (κ3) is 2.41. The number of nitrogens with two attached hydrogens (primary N) is 1. The summed E-state index contributed by atoms with van der Waals surface area (Å²) in [7, 11) is 3.08. The number of nitrogen functional groups attached to an aromatic ring is 1. The van der Waals surface area contributed by atoms with Gasteiger partial charge >= 0.3 is 5.97 Å². The predicted octanol–water partition coefficient (Wildman–Crippen LogP) is 1.28. The molecule has 5 nitrogen and oxygen atoms in total. The Balaban J connectivity index is 2.30. The Labute approximate surface area is 106 Å². The van der Waals surface area contributed by atoms with Crippen molar-refractivity contribution < 1.29 is 14.3 Å². The van der Waals surface area contributed by atoms with Gasteiger partial charge in [0.2, 0.25) is 0 Å². The van der Waals surface area contributed by atoms with E-state index in [0.29, 0.717) is 11.3 Å². The average Bonchev–Trinajstić information content (AvgIpc) is 2.86. The monoisotopic (exact) mass is 250 g/mol. The van der Waals surface area contributed by atoms with E-state index in [0.717, 1.165) is 25.2 Å². The standard InChI is InChI=1S/C13H18N2O3/c1-17-10-5-6-15(8-10)12-4-3-9(14)7-11(12)13(16)18-2/h3-4,7,10H,5-6,8,14H2,1-2H3. The second-order valence-corrected chi connectivity index (χ2v) is 4.36. The average molecular weight is 250 g/mol. The molecule has 18 heavy (non-hydrogen) atoms. The molecular weight excluding hydrogens is 232 g/mol. The first-order chi connectivity index (χ1) is 8.65. The number of rotatable bonds is 3. The highest BCUT2D eigenvalue weighted by molar-refractivity contribution is 5.97. The summed E-state index contributed by atoms with van der Waals surface area (Å²) in [6.07, 6.45) is 1.18. The summed E-state index contributed by atoms with van der Waals surface area (Å²) in [6.45, 7) is 1.65. The van der Waals surface area contributed by atoms with Gasteiger partial charge in [-0.2, -0.15) is 0 Å². The Kier molecular flexibility index (Phi) is 3.72. The molecule has 1 heterocycles. The van der Waals surface area contributed by atoms with Crippen molar-refractivity contribution in [1.82, 2.24) is 0 Å². The third-order valence-corrected chi connectivity index (χ3v) is 3.24. The molecule has 2 rings (SSSR count). The molecule has 1 aromatic carbocycles. The normalized spacial score (nSPS) is 19.0. The van der Waals surface area contributed by atoms with Crippen LogP contribution in [0.3, 0.4) is 0 Å².